The molecule has 2 rings (SSSR count). The number of nitrogens with one attached hydrogen (secondary N) is 1. The maximum Gasteiger partial charge on any atom is 0.259 e. The molecular weight excluding hydrogens is 314 g/mol. The number of amides is 1. The third kappa shape index (κ3) is 5.82. The Morgan fingerprint density at radius 3 is 2.56 bits per heavy atom. The van der Waals surface area contributed by atoms with Crippen LogP contribution in [-0.4, -0.2) is 18.6 Å². The molecule has 0 aliphatic carbocycles. The summed E-state index contributed by atoms with van der Waals surface area (Å²) < 4.78 is 11.6. The third-order valence-electron chi connectivity index (χ3n) is 3.71. The van der Waals surface area contributed by atoms with Gasteiger partial charge in [-0.1, -0.05) is 39.0 Å². The Morgan fingerprint density at radius 1 is 1.08 bits per heavy atom. The minimum atomic E-state index is -0.194. The Labute approximate surface area is 150 Å². The van der Waals surface area contributed by atoms with Crippen molar-refractivity contribution in [2.24, 2.45) is 5.92 Å². The molecule has 0 saturated carbocycles. The molecule has 2 aromatic rings. The fourth-order valence-electron chi connectivity index (χ4n) is 2.20. The van der Waals surface area contributed by atoms with Crippen molar-refractivity contribution in [3.8, 4) is 11.5 Å². The van der Waals surface area contributed by atoms with E-state index in [9.17, 15) is 4.79 Å². The first-order valence-electron chi connectivity index (χ1n) is 8.79. The molecule has 1 atom stereocenters. The fourth-order valence-corrected chi connectivity index (χ4v) is 2.20. The van der Waals surface area contributed by atoms with Gasteiger partial charge in [-0.05, 0) is 43.5 Å². The zero-order valence-corrected chi connectivity index (χ0v) is 15.4. The molecule has 4 heteroatoms. The lowest BCUT2D eigenvalue weighted by Gasteiger charge is -2.15. The van der Waals surface area contributed by atoms with Gasteiger partial charge in [-0.3, -0.25) is 4.79 Å². The van der Waals surface area contributed by atoms with Crippen LogP contribution in [0.2, 0.25) is 0 Å². The van der Waals surface area contributed by atoms with Crippen LogP contribution >= 0.6 is 0 Å². The van der Waals surface area contributed by atoms with Crippen LogP contribution in [0.25, 0.3) is 0 Å². The summed E-state index contributed by atoms with van der Waals surface area (Å²) in [6, 6.07) is 14.7. The van der Waals surface area contributed by atoms with Gasteiger partial charge in [0.05, 0.1) is 18.3 Å². The second-order valence-electron chi connectivity index (χ2n) is 6.52. The van der Waals surface area contributed by atoms with Gasteiger partial charge in [0.25, 0.3) is 5.91 Å². The highest BCUT2D eigenvalue weighted by molar-refractivity contribution is 6.06. The number of carbonyl (C=O) groups excluding carboxylic acids is 1. The average Bonchev–Trinajstić information content (AvgIpc) is 2.60. The van der Waals surface area contributed by atoms with E-state index >= 15 is 0 Å². The van der Waals surface area contributed by atoms with Crippen molar-refractivity contribution in [2.75, 3.05) is 11.9 Å². The lowest BCUT2D eigenvalue weighted by molar-refractivity contribution is 0.102. The first-order valence-corrected chi connectivity index (χ1v) is 8.79. The molecule has 1 amide bonds. The number of hydrogen-bond acceptors (Lipinski definition) is 3. The van der Waals surface area contributed by atoms with Crippen molar-refractivity contribution in [2.45, 2.75) is 40.2 Å². The summed E-state index contributed by atoms with van der Waals surface area (Å²) in [5, 5.41) is 2.92. The molecule has 25 heavy (non-hydrogen) atoms. The molecule has 0 spiro atoms. The number of benzene rings is 2. The topological polar surface area (TPSA) is 47.6 Å². The van der Waals surface area contributed by atoms with Gasteiger partial charge in [-0.2, -0.15) is 0 Å². The number of ether oxygens (including phenoxy) is 2. The predicted octanol–water partition coefficient (Wildman–Crippen LogP) is 5.15. The van der Waals surface area contributed by atoms with Crippen molar-refractivity contribution < 1.29 is 14.3 Å². The Morgan fingerprint density at radius 2 is 1.84 bits per heavy atom. The molecule has 4 nitrogen and oxygen atoms in total. The molecule has 134 valence electrons. The smallest absolute Gasteiger partial charge is 0.259 e. The third-order valence-corrected chi connectivity index (χ3v) is 3.71. The van der Waals surface area contributed by atoms with E-state index < -0.39 is 0 Å². The summed E-state index contributed by atoms with van der Waals surface area (Å²) in [5.74, 6) is 1.54. The van der Waals surface area contributed by atoms with E-state index in [1.807, 2.05) is 49.4 Å². The fraction of sp³-hybridized carbons (Fsp3) is 0.381. The molecule has 0 heterocycles. The van der Waals surface area contributed by atoms with E-state index in [1.54, 1.807) is 6.07 Å². The first kappa shape index (κ1) is 18.8. The van der Waals surface area contributed by atoms with Crippen LogP contribution in [0.5, 0.6) is 11.5 Å². The van der Waals surface area contributed by atoms with Crippen LogP contribution in [0.3, 0.4) is 0 Å². The van der Waals surface area contributed by atoms with Crippen molar-refractivity contribution >= 4 is 11.6 Å². The Kier molecular flexibility index (Phi) is 6.87. The van der Waals surface area contributed by atoms with Crippen LogP contribution in [-0.2, 0) is 0 Å². The standard InChI is InChI=1S/C21H27NO3/c1-5-16(4)25-18-10-8-9-17(13-18)22-21(23)19-11-6-7-12-20(19)24-14-15(2)3/h6-13,15-16H,5,14H2,1-4H3,(H,22,23). The minimum Gasteiger partial charge on any atom is -0.492 e. The molecule has 0 aromatic heterocycles. The number of anilines is 1. The van der Waals surface area contributed by atoms with Gasteiger partial charge in [0.2, 0.25) is 0 Å². The molecule has 2 aromatic carbocycles. The number of rotatable bonds is 8. The van der Waals surface area contributed by atoms with E-state index in [-0.39, 0.29) is 12.0 Å². The van der Waals surface area contributed by atoms with Crippen molar-refractivity contribution in [1.82, 2.24) is 0 Å². The minimum absolute atomic E-state index is 0.135. The highest BCUT2D eigenvalue weighted by atomic mass is 16.5. The summed E-state index contributed by atoms with van der Waals surface area (Å²) in [6.07, 6.45) is 1.06. The first-order chi connectivity index (χ1) is 12.0. The number of carbonyl (C=O) groups is 1. The Bertz CT molecular complexity index is 697. The second-order valence-corrected chi connectivity index (χ2v) is 6.52. The van der Waals surface area contributed by atoms with Crippen LogP contribution < -0.4 is 14.8 Å². The molecule has 1 unspecified atom stereocenters. The van der Waals surface area contributed by atoms with Crippen molar-refractivity contribution in [1.29, 1.82) is 0 Å². The molecule has 0 aliphatic heterocycles. The molecule has 0 aliphatic rings. The monoisotopic (exact) mass is 341 g/mol. The highest BCUT2D eigenvalue weighted by Gasteiger charge is 2.13. The van der Waals surface area contributed by atoms with Gasteiger partial charge in [0.1, 0.15) is 11.5 Å². The van der Waals surface area contributed by atoms with Gasteiger partial charge in [-0.25, -0.2) is 0 Å². The zero-order valence-electron chi connectivity index (χ0n) is 15.4. The lowest BCUT2D eigenvalue weighted by atomic mass is 10.1. The van der Waals surface area contributed by atoms with Gasteiger partial charge in [-0.15, -0.1) is 0 Å². The van der Waals surface area contributed by atoms with Gasteiger partial charge < -0.3 is 14.8 Å². The van der Waals surface area contributed by atoms with E-state index in [0.717, 1.165) is 12.2 Å². The summed E-state index contributed by atoms with van der Waals surface area (Å²) in [5.41, 5.74) is 1.22. The quantitative estimate of drug-likeness (QED) is 0.722. The van der Waals surface area contributed by atoms with Crippen LogP contribution in [0.4, 0.5) is 5.69 Å². The SMILES string of the molecule is CCC(C)Oc1cccc(NC(=O)c2ccccc2OCC(C)C)c1. The summed E-state index contributed by atoms with van der Waals surface area (Å²) in [7, 11) is 0. The van der Waals surface area contributed by atoms with E-state index in [4.69, 9.17) is 9.47 Å². The number of para-hydroxylation sites is 1. The van der Waals surface area contributed by atoms with Gasteiger partial charge in [0, 0.05) is 11.8 Å². The van der Waals surface area contributed by atoms with Crippen LogP contribution in [0, 0.1) is 5.92 Å². The van der Waals surface area contributed by atoms with E-state index in [2.05, 4.69) is 26.1 Å². The molecular formula is C21H27NO3. The zero-order chi connectivity index (χ0) is 18.2. The normalized spacial score (nSPS) is 11.9. The van der Waals surface area contributed by atoms with Gasteiger partial charge in [0.15, 0.2) is 0 Å². The predicted molar refractivity (Wildman–Crippen MR) is 102 cm³/mol. The average molecular weight is 341 g/mol. The molecule has 0 fully saturated rings. The Hall–Kier alpha value is -2.49. The largest absolute Gasteiger partial charge is 0.492 e. The van der Waals surface area contributed by atoms with Crippen LogP contribution in [0.1, 0.15) is 44.5 Å². The molecule has 1 N–H and O–H groups in total. The van der Waals surface area contributed by atoms with E-state index in [0.29, 0.717) is 29.5 Å². The van der Waals surface area contributed by atoms with Gasteiger partial charge >= 0.3 is 0 Å². The lowest BCUT2D eigenvalue weighted by Crippen LogP contribution is -2.15. The summed E-state index contributed by atoms with van der Waals surface area (Å²) in [4.78, 5) is 12.6. The molecule has 0 saturated heterocycles. The summed E-state index contributed by atoms with van der Waals surface area (Å²) >= 11 is 0. The maximum absolute atomic E-state index is 12.6. The van der Waals surface area contributed by atoms with Crippen LogP contribution in [0.15, 0.2) is 48.5 Å². The highest BCUT2D eigenvalue weighted by Crippen LogP contribution is 2.23. The second kappa shape index (κ2) is 9.11. The van der Waals surface area contributed by atoms with Crippen molar-refractivity contribution in [3.05, 3.63) is 54.1 Å². The number of hydrogen-bond donors (Lipinski definition) is 1. The molecule has 0 bridgehead atoms. The summed E-state index contributed by atoms with van der Waals surface area (Å²) in [6.45, 7) is 8.82. The van der Waals surface area contributed by atoms with Crippen molar-refractivity contribution in [3.63, 3.8) is 0 Å². The maximum atomic E-state index is 12.6. The molecule has 0 radical (unpaired) electrons. The van der Waals surface area contributed by atoms with E-state index in [1.165, 1.54) is 0 Å². The Balaban J connectivity index is 2.11.